The second kappa shape index (κ2) is 4.71. The second-order valence-electron chi connectivity index (χ2n) is 3.01. The van der Waals surface area contributed by atoms with E-state index in [9.17, 15) is 8.42 Å². The first kappa shape index (κ1) is 11.4. The van der Waals surface area contributed by atoms with E-state index in [0.717, 1.165) is 11.9 Å². The quantitative estimate of drug-likeness (QED) is 0.753. The summed E-state index contributed by atoms with van der Waals surface area (Å²) in [5, 5.41) is 2.95. The van der Waals surface area contributed by atoms with E-state index in [1.54, 1.807) is 18.2 Å². The Bertz CT molecular complexity index is 474. The van der Waals surface area contributed by atoms with Crippen molar-refractivity contribution in [3.63, 3.8) is 0 Å². The van der Waals surface area contributed by atoms with Gasteiger partial charge >= 0.3 is 0 Å². The monoisotopic (exact) mass is 224 g/mol. The van der Waals surface area contributed by atoms with E-state index < -0.39 is 10.0 Å². The summed E-state index contributed by atoms with van der Waals surface area (Å²) in [5.41, 5.74) is 1.29. The van der Waals surface area contributed by atoms with E-state index >= 15 is 0 Å². The van der Waals surface area contributed by atoms with Crippen LogP contribution in [0.3, 0.4) is 0 Å². The standard InChI is InChI=1S/C10H12N2O2S/c1-3-7-11-9-5-4-6-10(8-9)12-15(2,13)14/h1,4-6,8,11-12H,7H2,2H3. The highest BCUT2D eigenvalue weighted by Crippen LogP contribution is 2.15. The van der Waals surface area contributed by atoms with Gasteiger partial charge < -0.3 is 5.32 Å². The number of sulfonamides is 1. The Balaban J connectivity index is 2.80. The van der Waals surface area contributed by atoms with Gasteiger partial charge in [0.15, 0.2) is 0 Å². The second-order valence-corrected chi connectivity index (χ2v) is 4.76. The van der Waals surface area contributed by atoms with Crippen molar-refractivity contribution in [3.05, 3.63) is 24.3 Å². The minimum absolute atomic E-state index is 0.405. The Kier molecular flexibility index (Phi) is 3.58. The fourth-order valence-electron chi connectivity index (χ4n) is 1.06. The lowest BCUT2D eigenvalue weighted by Crippen LogP contribution is -2.09. The smallest absolute Gasteiger partial charge is 0.229 e. The average molecular weight is 224 g/mol. The van der Waals surface area contributed by atoms with Crippen LogP contribution in [0.25, 0.3) is 0 Å². The van der Waals surface area contributed by atoms with Crippen LogP contribution >= 0.6 is 0 Å². The topological polar surface area (TPSA) is 58.2 Å². The fourth-order valence-corrected chi connectivity index (χ4v) is 1.61. The molecule has 0 aliphatic carbocycles. The van der Waals surface area contributed by atoms with Crippen LogP contribution < -0.4 is 10.0 Å². The molecule has 0 fully saturated rings. The van der Waals surface area contributed by atoms with E-state index in [4.69, 9.17) is 6.42 Å². The highest BCUT2D eigenvalue weighted by molar-refractivity contribution is 7.92. The molecule has 0 radical (unpaired) electrons. The Hall–Kier alpha value is -1.67. The molecule has 4 nitrogen and oxygen atoms in total. The van der Waals surface area contributed by atoms with Gasteiger partial charge in [0.05, 0.1) is 18.5 Å². The van der Waals surface area contributed by atoms with Crippen molar-refractivity contribution in [3.8, 4) is 12.3 Å². The van der Waals surface area contributed by atoms with Gasteiger partial charge in [0.2, 0.25) is 10.0 Å². The zero-order chi connectivity index (χ0) is 11.3. The van der Waals surface area contributed by atoms with Crippen LogP contribution in [0, 0.1) is 12.3 Å². The maximum absolute atomic E-state index is 11.0. The molecule has 0 atom stereocenters. The molecule has 1 rings (SSSR count). The van der Waals surface area contributed by atoms with Crippen molar-refractivity contribution in [1.82, 2.24) is 0 Å². The zero-order valence-corrected chi connectivity index (χ0v) is 9.14. The lowest BCUT2D eigenvalue weighted by molar-refractivity contribution is 0.607. The number of hydrogen-bond acceptors (Lipinski definition) is 3. The van der Waals surface area contributed by atoms with E-state index in [1.165, 1.54) is 0 Å². The number of nitrogens with one attached hydrogen (secondary N) is 2. The first-order chi connectivity index (χ1) is 7.01. The van der Waals surface area contributed by atoms with Gasteiger partial charge in [-0.2, -0.15) is 0 Å². The van der Waals surface area contributed by atoms with Crippen molar-refractivity contribution >= 4 is 21.4 Å². The molecule has 0 bridgehead atoms. The van der Waals surface area contributed by atoms with Crippen LogP contribution in [-0.4, -0.2) is 21.2 Å². The SMILES string of the molecule is C#CCNc1cccc(NS(C)(=O)=O)c1. The van der Waals surface area contributed by atoms with Gasteiger partial charge in [-0.3, -0.25) is 4.72 Å². The highest BCUT2D eigenvalue weighted by atomic mass is 32.2. The molecule has 5 heteroatoms. The van der Waals surface area contributed by atoms with E-state index in [2.05, 4.69) is 16.0 Å². The molecule has 0 aliphatic heterocycles. The molecule has 0 aliphatic rings. The summed E-state index contributed by atoms with van der Waals surface area (Å²) in [6.07, 6.45) is 6.20. The Morgan fingerprint density at radius 1 is 1.40 bits per heavy atom. The van der Waals surface area contributed by atoms with Crippen molar-refractivity contribution in [1.29, 1.82) is 0 Å². The van der Waals surface area contributed by atoms with Crippen LogP contribution in [0.15, 0.2) is 24.3 Å². The molecule has 1 aromatic carbocycles. The lowest BCUT2D eigenvalue weighted by Gasteiger charge is -2.06. The van der Waals surface area contributed by atoms with Crippen molar-refractivity contribution in [2.45, 2.75) is 0 Å². The zero-order valence-electron chi connectivity index (χ0n) is 8.32. The molecule has 0 spiro atoms. The van der Waals surface area contributed by atoms with E-state index in [1.807, 2.05) is 6.07 Å². The molecule has 0 amide bonds. The third kappa shape index (κ3) is 4.38. The van der Waals surface area contributed by atoms with Gasteiger partial charge in [-0.1, -0.05) is 12.0 Å². The largest absolute Gasteiger partial charge is 0.374 e. The van der Waals surface area contributed by atoms with Gasteiger partial charge in [0.1, 0.15) is 0 Å². The summed E-state index contributed by atoms with van der Waals surface area (Å²) in [5.74, 6) is 2.43. The summed E-state index contributed by atoms with van der Waals surface area (Å²) < 4.78 is 24.3. The summed E-state index contributed by atoms with van der Waals surface area (Å²) >= 11 is 0. The number of hydrogen-bond donors (Lipinski definition) is 2. The van der Waals surface area contributed by atoms with Crippen LogP contribution in [0.1, 0.15) is 0 Å². The number of anilines is 2. The minimum atomic E-state index is -3.23. The van der Waals surface area contributed by atoms with Crippen LogP contribution in [0.5, 0.6) is 0 Å². The normalized spacial score (nSPS) is 10.4. The molecule has 1 aromatic rings. The first-order valence-corrected chi connectivity index (χ1v) is 6.15. The summed E-state index contributed by atoms with van der Waals surface area (Å²) in [6, 6.07) is 6.90. The number of terminal acetylenes is 1. The molecule has 0 saturated heterocycles. The molecule has 0 aromatic heterocycles. The summed E-state index contributed by atoms with van der Waals surface area (Å²) in [6.45, 7) is 0.405. The molecule has 2 N–H and O–H groups in total. The summed E-state index contributed by atoms with van der Waals surface area (Å²) in [4.78, 5) is 0. The molecule has 80 valence electrons. The van der Waals surface area contributed by atoms with Crippen molar-refractivity contribution in [2.75, 3.05) is 22.8 Å². The first-order valence-electron chi connectivity index (χ1n) is 4.26. The maximum Gasteiger partial charge on any atom is 0.229 e. The van der Waals surface area contributed by atoms with E-state index in [-0.39, 0.29) is 0 Å². The molecule has 0 saturated carbocycles. The van der Waals surface area contributed by atoms with Crippen molar-refractivity contribution in [2.24, 2.45) is 0 Å². The molecular formula is C10H12N2O2S. The molecule has 0 unspecified atom stereocenters. The van der Waals surface area contributed by atoms with Gasteiger partial charge in [-0.05, 0) is 18.2 Å². The van der Waals surface area contributed by atoms with Gasteiger partial charge in [0, 0.05) is 5.69 Å². The molecule has 0 heterocycles. The number of rotatable bonds is 4. The Labute approximate surface area is 89.8 Å². The molecular weight excluding hydrogens is 212 g/mol. The third-order valence-electron chi connectivity index (χ3n) is 1.56. The van der Waals surface area contributed by atoms with Crippen LogP contribution in [0.4, 0.5) is 11.4 Å². The Morgan fingerprint density at radius 2 is 2.07 bits per heavy atom. The predicted molar refractivity (Wildman–Crippen MR) is 62.2 cm³/mol. The van der Waals surface area contributed by atoms with Crippen LogP contribution in [0.2, 0.25) is 0 Å². The third-order valence-corrected chi connectivity index (χ3v) is 2.17. The average Bonchev–Trinajstić information content (AvgIpc) is 2.12. The highest BCUT2D eigenvalue weighted by Gasteiger charge is 2.01. The van der Waals surface area contributed by atoms with Gasteiger partial charge in [-0.25, -0.2) is 8.42 Å². The maximum atomic E-state index is 11.0. The van der Waals surface area contributed by atoms with E-state index in [0.29, 0.717) is 12.2 Å². The predicted octanol–water partition coefficient (Wildman–Crippen LogP) is 1.10. The van der Waals surface area contributed by atoms with Gasteiger partial charge in [0.25, 0.3) is 0 Å². The summed E-state index contributed by atoms with van der Waals surface area (Å²) in [7, 11) is -3.23. The lowest BCUT2D eigenvalue weighted by atomic mass is 10.3. The molecule has 15 heavy (non-hydrogen) atoms. The van der Waals surface area contributed by atoms with Crippen molar-refractivity contribution < 1.29 is 8.42 Å². The number of benzene rings is 1. The fraction of sp³-hybridized carbons (Fsp3) is 0.200. The Morgan fingerprint density at radius 3 is 2.67 bits per heavy atom. The van der Waals surface area contributed by atoms with Gasteiger partial charge in [-0.15, -0.1) is 6.42 Å². The minimum Gasteiger partial charge on any atom is -0.374 e. The van der Waals surface area contributed by atoms with Crippen LogP contribution in [-0.2, 0) is 10.0 Å².